The first-order valence-corrected chi connectivity index (χ1v) is 8.36. The molecule has 1 N–H and O–H groups in total. The maximum absolute atomic E-state index is 12.7. The van der Waals surface area contributed by atoms with Crippen LogP contribution in [0.3, 0.4) is 0 Å². The van der Waals surface area contributed by atoms with Crippen LogP contribution in [0.25, 0.3) is 0 Å². The van der Waals surface area contributed by atoms with E-state index in [1.54, 1.807) is 7.11 Å². The van der Waals surface area contributed by atoms with Gasteiger partial charge < -0.3 is 10.1 Å². The smallest absolute Gasteiger partial charge is 0.251 e. The van der Waals surface area contributed by atoms with Gasteiger partial charge in [0, 0.05) is 17.5 Å². The van der Waals surface area contributed by atoms with Gasteiger partial charge in [-0.2, -0.15) is 0 Å². The molecule has 0 heterocycles. The molecule has 24 heavy (non-hydrogen) atoms. The Bertz CT molecular complexity index is 762. The minimum atomic E-state index is -0.0113. The molecule has 1 aliphatic carbocycles. The van der Waals surface area contributed by atoms with E-state index in [1.807, 2.05) is 25.1 Å². The fourth-order valence-corrected chi connectivity index (χ4v) is 3.54. The summed E-state index contributed by atoms with van der Waals surface area (Å²) < 4.78 is 5.21. The average molecular weight is 323 g/mol. The van der Waals surface area contributed by atoms with Crippen molar-refractivity contribution in [3.05, 3.63) is 64.7 Å². The van der Waals surface area contributed by atoms with Crippen molar-refractivity contribution in [2.75, 3.05) is 7.11 Å². The topological polar surface area (TPSA) is 38.3 Å². The molecule has 1 aliphatic rings. The number of amides is 1. The fraction of sp³-hybridized carbons (Fsp3) is 0.381. The van der Waals surface area contributed by atoms with Crippen LogP contribution in [0.4, 0.5) is 0 Å². The Morgan fingerprint density at radius 2 is 1.75 bits per heavy atom. The Balaban J connectivity index is 1.76. The van der Waals surface area contributed by atoms with E-state index in [9.17, 15) is 4.79 Å². The normalized spacial score (nSPS) is 21.2. The lowest BCUT2D eigenvalue weighted by molar-refractivity contribution is 0.0945. The van der Waals surface area contributed by atoms with Gasteiger partial charge in [-0.05, 0) is 48.6 Å². The first kappa shape index (κ1) is 16.6. The van der Waals surface area contributed by atoms with Crippen LogP contribution in [0.5, 0.6) is 5.75 Å². The summed E-state index contributed by atoms with van der Waals surface area (Å²) >= 11 is 0. The second-order valence-corrected chi connectivity index (χ2v) is 7.34. The van der Waals surface area contributed by atoms with Gasteiger partial charge in [-0.1, -0.05) is 43.7 Å². The lowest BCUT2D eigenvalue weighted by Gasteiger charge is -2.10. The average Bonchev–Trinajstić information content (AvgIpc) is 3.08. The number of carbonyl (C=O) groups is 1. The lowest BCUT2D eigenvalue weighted by atomic mass is 10.0. The summed E-state index contributed by atoms with van der Waals surface area (Å²) in [5.74, 6) is 1.12. The van der Waals surface area contributed by atoms with Crippen LogP contribution in [0.15, 0.2) is 42.5 Å². The van der Waals surface area contributed by atoms with Crippen molar-refractivity contribution in [2.45, 2.75) is 39.7 Å². The van der Waals surface area contributed by atoms with Gasteiger partial charge in [0.2, 0.25) is 0 Å². The summed E-state index contributed by atoms with van der Waals surface area (Å²) in [5.41, 5.74) is 4.26. The predicted molar refractivity (Wildman–Crippen MR) is 96.7 cm³/mol. The molecule has 3 heteroatoms. The molecule has 0 aliphatic heterocycles. The summed E-state index contributed by atoms with van der Waals surface area (Å²) in [6, 6.07) is 14.3. The molecule has 0 saturated heterocycles. The van der Waals surface area contributed by atoms with E-state index < -0.39 is 0 Å². The minimum absolute atomic E-state index is 0.0113. The molecule has 1 fully saturated rings. The summed E-state index contributed by atoms with van der Waals surface area (Å²) in [7, 11) is 1.63. The number of benzene rings is 2. The highest BCUT2D eigenvalue weighted by molar-refractivity contribution is 5.96. The van der Waals surface area contributed by atoms with Crippen molar-refractivity contribution in [2.24, 2.45) is 5.41 Å². The summed E-state index contributed by atoms with van der Waals surface area (Å²) in [6.07, 6.45) is 0. The summed E-state index contributed by atoms with van der Waals surface area (Å²) in [4.78, 5) is 12.7. The van der Waals surface area contributed by atoms with Gasteiger partial charge in [0.1, 0.15) is 5.75 Å². The molecule has 2 aromatic rings. The Morgan fingerprint density at radius 3 is 2.33 bits per heavy atom. The Hall–Kier alpha value is -2.29. The standard InChI is InChI=1S/C21H25NO2/c1-13-6-8-15(9-7-13)18-19(21(18,3)4)22-20(23)17-11-10-16(24-5)12-14(17)2/h6-12,18-19H,1-5H3,(H,22,23)/t18-,19-/m0/s1. The number of nitrogens with one attached hydrogen (secondary N) is 1. The molecule has 126 valence electrons. The minimum Gasteiger partial charge on any atom is -0.497 e. The van der Waals surface area contributed by atoms with E-state index in [0.717, 1.165) is 11.3 Å². The predicted octanol–water partition coefficient (Wildman–Crippen LogP) is 4.23. The highest BCUT2D eigenvalue weighted by Crippen LogP contribution is 2.58. The zero-order valence-corrected chi connectivity index (χ0v) is 15.0. The molecule has 2 atom stereocenters. The molecule has 0 bridgehead atoms. The van der Waals surface area contributed by atoms with Crippen molar-refractivity contribution in [3.8, 4) is 5.75 Å². The number of rotatable bonds is 4. The van der Waals surface area contributed by atoms with Crippen LogP contribution in [0.2, 0.25) is 0 Å². The number of hydrogen-bond donors (Lipinski definition) is 1. The SMILES string of the molecule is COc1ccc(C(=O)N[C@H]2[C@H](c3ccc(C)cc3)C2(C)C)c(C)c1. The molecule has 2 aromatic carbocycles. The van der Waals surface area contributed by atoms with E-state index in [0.29, 0.717) is 11.5 Å². The van der Waals surface area contributed by atoms with Crippen molar-refractivity contribution < 1.29 is 9.53 Å². The van der Waals surface area contributed by atoms with E-state index in [1.165, 1.54) is 11.1 Å². The molecule has 0 aromatic heterocycles. The van der Waals surface area contributed by atoms with Crippen LogP contribution in [-0.4, -0.2) is 19.1 Å². The maximum Gasteiger partial charge on any atom is 0.251 e. The van der Waals surface area contributed by atoms with Crippen LogP contribution in [0.1, 0.15) is 46.8 Å². The summed E-state index contributed by atoms with van der Waals surface area (Å²) in [6.45, 7) is 8.45. The lowest BCUT2D eigenvalue weighted by Crippen LogP contribution is -2.29. The third-order valence-corrected chi connectivity index (χ3v) is 5.23. The maximum atomic E-state index is 12.7. The number of ether oxygens (including phenoxy) is 1. The van der Waals surface area contributed by atoms with Gasteiger partial charge in [0.15, 0.2) is 0 Å². The van der Waals surface area contributed by atoms with Gasteiger partial charge in [0.25, 0.3) is 5.91 Å². The van der Waals surface area contributed by atoms with Crippen LogP contribution < -0.4 is 10.1 Å². The van der Waals surface area contributed by atoms with E-state index in [4.69, 9.17) is 4.74 Å². The highest BCUT2D eigenvalue weighted by atomic mass is 16.5. The largest absolute Gasteiger partial charge is 0.497 e. The van der Waals surface area contributed by atoms with E-state index in [-0.39, 0.29) is 17.4 Å². The third kappa shape index (κ3) is 2.91. The molecule has 3 nitrogen and oxygen atoms in total. The Morgan fingerprint density at radius 1 is 1.08 bits per heavy atom. The van der Waals surface area contributed by atoms with Gasteiger partial charge >= 0.3 is 0 Å². The van der Waals surface area contributed by atoms with E-state index in [2.05, 4.69) is 50.4 Å². The van der Waals surface area contributed by atoms with Crippen LogP contribution >= 0.6 is 0 Å². The first-order valence-electron chi connectivity index (χ1n) is 8.36. The Kier molecular flexibility index (Phi) is 4.12. The number of aryl methyl sites for hydroxylation is 2. The number of hydrogen-bond acceptors (Lipinski definition) is 2. The Labute approximate surface area is 144 Å². The molecular formula is C21H25NO2. The quantitative estimate of drug-likeness (QED) is 0.914. The molecule has 1 amide bonds. The molecule has 0 radical (unpaired) electrons. The van der Waals surface area contributed by atoms with Crippen molar-refractivity contribution in [3.63, 3.8) is 0 Å². The van der Waals surface area contributed by atoms with Gasteiger partial charge in [-0.25, -0.2) is 0 Å². The van der Waals surface area contributed by atoms with Crippen molar-refractivity contribution in [1.82, 2.24) is 5.32 Å². The second-order valence-electron chi connectivity index (χ2n) is 7.34. The molecule has 1 saturated carbocycles. The second kappa shape index (κ2) is 5.97. The monoisotopic (exact) mass is 323 g/mol. The molecule has 3 rings (SSSR count). The molecule has 0 spiro atoms. The van der Waals surface area contributed by atoms with Crippen LogP contribution in [-0.2, 0) is 0 Å². The zero-order chi connectivity index (χ0) is 17.5. The first-order chi connectivity index (χ1) is 11.3. The molecular weight excluding hydrogens is 298 g/mol. The third-order valence-electron chi connectivity index (χ3n) is 5.23. The van der Waals surface area contributed by atoms with Crippen molar-refractivity contribution >= 4 is 5.91 Å². The molecule has 0 unspecified atom stereocenters. The number of methoxy groups -OCH3 is 1. The zero-order valence-electron chi connectivity index (χ0n) is 15.0. The van der Waals surface area contributed by atoms with E-state index >= 15 is 0 Å². The highest BCUT2D eigenvalue weighted by Gasteiger charge is 2.59. The van der Waals surface area contributed by atoms with Crippen LogP contribution in [0, 0.1) is 19.3 Å². The van der Waals surface area contributed by atoms with Gasteiger partial charge in [-0.15, -0.1) is 0 Å². The van der Waals surface area contributed by atoms with Crippen molar-refractivity contribution in [1.29, 1.82) is 0 Å². The summed E-state index contributed by atoms with van der Waals surface area (Å²) in [5, 5.41) is 3.22. The number of carbonyl (C=O) groups excluding carboxylic acids is 1. The van der Waals surface area contributed by atoms with Gasteiger partial charge in [0.05, 0.1) is 7.11 Å². The fourth-order valence-electron chi connectivity index (χ4n) is 3.54. The van der Waals surface area contributed by atoms with Gasteiger partial charge in [-0.3, -0.25) is 4.79 Å².